The predicted molar refractivity (Wildman–Crippen MR) is 137 cm³/mol. The van der Waals surface area contributed by atoms with Crippen molar-refractivity contribution in [1.29, 1.82) is 0 Å². The van der Waals surface area contributed by atoms with E-state index in [9.17, 15) is 8.42 Å². The molecule has 0 aliphatic heterocycles. The van der Waals surface area contributed by atoms with E-state index in [2.05, 4.69) is 5.32 Å². The van der Waals surface area contributed by atoms with Crippen LogP contribution in [0.3, 0.4) is 0 Å². The van der Waals surface area contributed by atoms with Crippen molar-refractivity contribution in [3.63, 3.8) is 0 Å². The fourth-order valence-electron chi connectivity index (χ4n) is 3.73. The van der Waals surface area contributed by atoms with Crippen molar-refractivity contribution in [2.45, 2.75) is 11.5 Å². The quantitative estimate of drug-likeness (QED) is 0.327. The van der Waals surface area contributed by atoms with Gasteiger partial charge >= 0.3 is 0 Å². The average molecular weight is 483 g/mol. The second-order valence-corrected chi connectivity index (χ2v) is 9.41. The minimum Gasteiger partial charge on any atom is -0.489 e. The molecule has 0 radical (unpaired) electrons. The van der Waals surface area contributed by atoms with Gasteiger partial charge < -0.3 is 10.1 Å². The van der Waals surface area contributed by atoms with Crippen molar-refractivity contribution < 1.29 is 13.2 Å². The number of nitrogens with two attached hydrogens (primary N) is 1. The minimum absolute atomic E-state index is 0.0208. The number of fused-ring (bicyclic) bond motifs is 1. The largest absolute Gasteiger partial charge is 0.489 e. The molecule has 0 spiro atoms. The van der Waals surface area contributed by atoms with E-state index in [0.29, 0.717) is 40.5 Å². The fourth-order valence-corrected chi connectivity index (χ4v) is 4.47. The summed E-state index contributed by atoms with van der Waals surface area (Å²) in [5.41, 5.74) is 3.83. The normalized spacial score (nSPS) is 11.3. The van der Waals surface area contributed by atoms with Gasteiger partial charge in [0.25, 0.3) is 0 Å². The fraction of sp³-hybridized carbons (Fsp3) is 0.0370. The van der Waals surface area contributed by atoms with E-state index in [0.717, 1.165) is 11.3 Å². The van der Waals surface area contributed by atoms with Crippen LogP contribution in [0.4, 0.5) is 11.5 Å². The van der Waals surface area contributed by atoms with E-state index in [1.807, 2.05) is 78.9 Å². The minimum atomic E-state index is -3.98. The summed E-state index contributed by atoms with van der Waals surface area (Å²) < 4.78 is 30.5. The summed E-state index contributed by atoms with van der Waals surface area (Å²) in [6.45, 7) is 0.438. The number of aromatic nitrogens is 2. The smallest absolute Gasteiger partial charge is 0.238 e. The molecule has 0 fully saturated rings. The summed E-state index contributed by atoms with van der Waals surface area (Å²) in [7, 11) is -3.98. The summed E-state index contributed by atoms with van der Waals surface area (Å²) in [6, 6.07) is 31.3. The number of nitrogens with zero attached hydrogens (tertiary/aromatic N) is 2. The first-order valence-corrected chi connectivity index (χ1v) is 12.4. The molecule has 4 aromatic carbocycles. The number of hydrogen-bond donors (Lipinski definition) is 2. The molecule has 0 aliphatic rings. The molecular weight excluding hydrogens is 460 g/mol. The topological polar surface area (TPSA) is 107 Å². The van der Waals surface area contributed by atoms with Crippen LogP contribution in [0.15, 0.2) is 108 Å². The monoisotopic (exact) mass is 482 g/mol. The van der Waals surface area contributed by atoms with Gasteiger partial charge in [-0.05, 0) is 35.9 Å². The Morgan fingerprint density at radius 1 is 0.771 bits per heavy atom. The van der Waals surface area contributed by atoms with Crippen LogP contribution in [-0.2, 0) is 16.6 Å². The highest BCUT2D eigenvalue weighted by Gasteiger charge is 2.20. The van der Waals surface area contributed by atoms with Gasteiger partial charge in [0.15, 0.2) is 5.82 Å². The first-order valence-electron chi connectivity index (χ1n) is 10.9. The summed E-state index contributed by atoms with van der Waals surface area (Å²) in [4.78, 5) is 9.46. The molecule has 3 N–H and O–H groups in total. The van der Waals surface area contributed by atoms with Crippen LogP contribution >= 0.6 is 0 Å². The third kappa shape index (κ3) is 5.13. The molecule has 0 amide bonds. The predicted octanol–water partition coefficient (Wildman–Crippen LogP) is 5.27. The number of para-hydroxylation sites is 2. The molecule has 35 heavy (non-hydrogen) atoms. The number of primary sulfonamides is 1. The number of rotatable bonds is 7. The Hall–Kier alpha value is -4.27. The van der Waals surface area contributed by atoms with Gasteiger partial charge in [-0.2, -0.15) is 0 Å². The van der Waals surface area contributed by atoms with Crippen LogP contribution in [0.2, 0.25) is 0 Å². The van der Waals surface area contributed by atoms with E-state index in [1.54, 1.807) is 18.2 Å². The lowest BCUT2D eigenvalue weighted by Crippen LogP contribution is -2.14. The lowest BCUT2D eigenvalue weighted by Gasteiger charge is -2.15. The molecule has 0 unspecified atom stereocenters. The van der Waals surface area contributed by atoms with Crippen LogP contribution in [0.1, 0.15) is 5.56 Å². The molecule has 5 rings (SSSR count). The van der Waals surface area contributed by atoms with Crippen LogP contribution < -0.4 is 15.2 Å². The molecule has 0 atom stereocenters. The molecule has 0 saturated heterocycles. The third-order valence-electron chi connectivity index (χ3n) is 5.36. The third-order valence-corrected chi connectivity index (χ3v) is 6.33. The lowest BCUT2D eigenvalue weighted by atomic mass is 10.1. The summed E-state index contributed by atoms with van der Waals surface area (Å²) in [5.74, 6) is 1.08. The Balaban J connectivity index is 1.54. The summed E-state index contributed by atoms with van der Waals surface area (Å²) in [6.07, 6.45) is 0. The van der Waals surface area contributed by atoms with Crippen molar-refractivity contribution in [1.82, 2.24) is 9.97 Å². The first kappa shape index (κ1) is 22.5. The van der Waals surface area contributed by atoms with Gasteiger partial charge in [0.1, 0.15) is 18.1 Å². The Labute approximate surface area is 203 Å². The number of anilines is 2. The second-order valence-electron chi connectivity index (χ2n) is 7.88. The SMILES string of the molecule is NS(=O)(=O)c1ccccc1-c1nc2ccccc2nc1Nc1cccc(OCc2ccccc2)c1. The zero-order valence-electron chi connectivity index (χ0n) is 18.6. The molecule has 1 heterocycles. The number of hydrogen-bond acceptors (Lipinski definition) is 6. The molecule has 0 aliphatic carbocycles. The summed E-state index contributed by atoms with van der Waals surface area (Å²) >= 11 is 0. The van der Waals surface area contributed by atoms with Gasteiger partial charge in [-0.3, -0.25) is 0 Å². The zero-order valence-corrected chi connectivity index (χ0v) is 19.4. The standard InChI is InChI=1S/C27H22N4O3S/c28-35(32,33)25-16-7-4-13-22(25)26-27(31-24-15-6-5-14-23(24)30-26)29-20-11-8-12-21(17-20)34-18-19-9-2-1-3-10-19/h1-17H,18H2,(H,29,31)(H2,28,32,33). The van der Waals surface area contributed by atoms with Crippen molar-refractivity contribution in [2.75, 3.05) is 5.32 Å². The highest BCUT2D eigenvalue weighted by molar-refractivity contribution is 7.89. The van der Waals surface area contributed by atoms with Crippen molar-refractivity contribution in [3.8, 4) is 17.0 Å². The van der Waals surface area contributed by atoms with Gasteiger partial charge in [0.05, 0.1) is 15.9 Å². The average Bonchev–Trinajstić information content (AvgIpc) is 2.87. The lowest BCUT2D eigenvalue weighted by molar-refractivity contribution is 0.306. The van der Waals surface area contributed by atoms with Gasteiger partial charge in [-0.1, -0.05) is 66.7 Å². The molecule has 0 saturated carbocycles. The molecule has 5 aromatic rings. The van der Waals surface area contributed by atoms with E-state index in [-0.39, 0.29) is 4.90 Å². The Morgan fingerprint density at radius 2 is 1.46 bits per heavy atom. The van der Waals surface area contributed by atoms with Gasteiger partial charge in [-0.15, -0.1) is 0 Å². The number of sulfonamides is 1. The van der Waals surface area contributed by atoms with Gasteiger partial charge in [0.2, 0.25) is 10.0 Å². The Kier molecular flexibility index (Phi) is 6.13. The Bertz CT molecular complexity index is 1610. The van der Waals surface area contributed by atoms with Crippen molar-refractivity contribution in [2.24, 2.45) is 5.14 Å². The molecule has 8 heteroatoms. The van der Waals surface area contributed by atoms with E-state index < -0.39 is 10.0 Å². The highest BCUT2D eigenvalue weighted by Crippen LogP contribution is 2.33. The Morgan fingerprint density at radius 3 is 2.23 bits per heavy atom. The van der Waals surface area contributed by atoms with E-state index >= 15 is 0 Å². The molecule has 0 bridgehead atoms. The summed E-state index contributed by atoms with van der Waals surface area (Å²) in [5, 5.41) is 8.79. The molecule has 7 nitrogen and oxygen atoms in total. The maximum absolute atomic E-state index is 12.3. The molecule has 174 valence electrons. The van der Waals surface area contributed by atoms with E-state index in [4.69, 9.17) is 19.8 Å². The zero-order chi connectivity index (χ0) is 24.3. The number of ether oxygens (including phenoxy) is 1. The number of nitrogens with one attached hydrogen (secondary N) is 1. The maximum atomic E-state index is 12.3. The first-order chi connectivity index (χ1) is 17.0. The maximum Gasteiger partial charge on any atom is 0.238 e. The van der Waals surface area contributed by atoms with Gasteiger partial charge in [0, 0.05) is 17.3 Å². The number of benzene rings is 4. The second kappa shape index (κ2) is 9.54. The highest BCUT2D eigenvalue weighted by atomic mass is 32.2. The molecular formula is C27H22N4O3S. The molecule has 1 aromatic heterocycles. The van der Waals surface area contributed by atoms with Crippen LogP contribution in [0, 0.1) is 0 Å². The van der Waals surface area contributed by atoms with Crippen LogP contribution in [0.5, 0.6) is 5.75 Å². The van der Waals surface area contributed by atoms with E-state index in [1.165, 1.54) is 6.07 Å². The van der Waals surface area contributed by atoms with Crippen LogP contribution in [-0.4, -0.2) is 18.4 Å². The van der Waals surface area contributed by atoms with Crippen molar-refractivity contribution in [3.05, 3.63) is 109 Å². The van der Waals surface area contributed by atoms with Crippen LogP contribution in [0.25, 0.3) is 22.3 Å². The van der Waals surface area contributed by atoms with Gasteiger partial charge in [-0.25, -0.2) is 23.5 Å². The van der Waals surface area contributed by atoms with Crippen molar-refractivity contribution >= 4 is 32.6 Å².